The second-order valence-corrected chi connectivity index (χ2v) is 21.8. The summed E-state index contributed by atoms with van der Waals surface area (Å²) in [6.45, 7) is 18.6. The predicted octanol–water partition coefficient (Wildman–Crippen LogP) is 8.16. The molecule has 74 heavy (non-hydrogen) atoms. The molecule has 16 heteroatoms. The van der Waals surface area contributed by atoms with Crippen molar-refractivity contribution in [3.05, 3.63) is 95.3 Å². The fourth-order valence-electron chi connectivity index (χ4n) is 10.8. The number of carbonyl (C=O) groups excluding carboxylic acids is 6. The Balaban J connectivity index is 1.27. The first-order valence-corrected chi connectivity index (χ1v) is 26.2. The number of carbonyl (C=O) groups is 6. The lowest BCUT2D eigenvalue weighted by Crippen LogP contribution is -2.60. The molecule has 0 spiro atoms. The lowest BCUT2D eigenvalue weighted by molar-refractivity contribution is -0.159. The van der Waals surface area contributed by atoms with Crippen molar-refractivity contribution in [2.75, 3.05) is 41.5 Å². The Labute approximate surface area is 438 Å². The van der Waals surface area contributed by atoms with Crippen molar-refractivity contribution in [3.8, 4) is 11.1 Å². The van der Waals surface area contributed by atoms with Gasteiger partial charge in [-0.3, -0.25) is 24.1 Å². The third kappa shape index (κ3) is 14.1. The van der Waals surface area contributed by atoms with Crippen LogP contribution < -0.4 is 10.6 Å². The van der Waals surface area contributed by atoms with Crippen molar-refractivity contribution in [2.24, 2.45) is 23.7 Å². The molecular weight excluding hydrogens is 946 g/mol. The summed E-state index contributed by atoms with van der Waals surface area (Å²) in [7, 11) is 6.18. The number of rotatable bonds is 23. The molecule has 1 unspecified atom stereocenters. The first-order valence-electron chi connectivity index (χ1n) is 26.2. The maximum Gasteiger partial charge on any atom is 0.410 e. The molecule has 1 heterocycles. The standard InChI is InChI=1S/C58H82FN5O10/c1-15-36(6)51(47(71-13)32-48(65)64-30-22-29-46(64)52(72-14)37(7)53(66)60-45(56(69)74-58(8,9)10)31-38-23-16-21-28-44(38)59)62(11)55(68)49(34(2)3)61-54(67)50(35(4)5)63(12)57(70)73-33-43-41-26-19-17-24-39(41)40-25-18-20-27-42(40)43/h16-21,23-28,34-37,43,45-47,49-52H,15,22,29-33H2,1-14H3,(H,60,66)(H,61,67)/t36-,37+,45?,46-,47+,49-,50-,51-,52+/m0/s1. The summed E-state index contributed by atoms with van der Waals surface area (Å²) in [4.78, 5) is 89.5. The molecule has 0 aromatic heterocycles. The van der Waals surface area contributed by atoms with E-state index in [0.717, 1.165) is 22.3 Å². The molecule has 0 radical (unpaired) electrons. The molecule has 1 fully saturated rings. The molecule has 2 N–H and O–H groups in total. The Hall–Kier alpha value is -5.87. The Morgan fingerprint density at radius 2 is 1.38 bits per heavy atom. The van der Waals surface area contributed by atoms with Gasteiger partial charge in [0.05, 0.1) is 36.6 Å². The van der Waals surface area contributed by atoms with Gasteiger partial charge in [-0.2, -0.15) is 0 Å². The van der Waals surface area contributed by atoms with E-state index in [1.807, 2.05) is 77.9 Å². The van der Waals surface area contributed by atoms with Crippen LogP contribution in [0.3, 0.4) is 0 Å². The SMILES string of the molecule is CC[C@H](C)[C@@H]([C@@H](CC(=O)N1CCC[C@H]1[C@H](OC)[C@@H](C)C(=O)NC(Cc1ccccc1F)C(=O)OC(C)(C)C)OC)N(C)C(=O)[C@@H](NC(=O)[C@H](C(C)C)N(C)C(=O)OCC1c2ccccc2-c2ccccc21)C(C)C. The van der Waals surface area contributed by atoms with Crippen LogP contribution in [0.15, 0.2) is 72.8 Å². The van der Waals surface area contributed by atoms with Gasteiger partial charge < -0.3 is 39.4 Å². The van der Waals surface area contributed by atoms with Crippen molar-refractivity contribution >= 4 is 35.7 Å². The van der Waals surface area contributed by atoms with E-state index in [1.165, 1.54) is 32.2 Å². The van der Waals surface area contributed by atoms with E-state index in [1.54, 1.807) is 62.7 Å². The average Bonchev–Trinajstić information content (AvgIpc) is 3.97. The van der Waals surface area contributed by atoms with E-state index in [2.05, 4.69) is 22.8 Å². The predicted molar refractivity (Wildman–Crippen MR) is 282 cm³/mol. The van der Waals surface area contributed by atoms with Gasteiger partial charge in [0.1, 0.15) is 36.2 Å². The van der Waals surface area contributed by atoms with Crippen LogP contribution >= 0.6 is 0 Å². The summed E-state index contributed by atoms with van der Waals surface area (Å²) >= 11 is 0. The minimum Gasteiger partial charge on any atom is -0.458 e. The molecule has 2 aliphatic rings. The molecule has 1 saturated heterocycles. The number of halogens is 1. The monoisotopic (exact) mass is 1030 g/mol. The zero-order chi connectivity index (χ0) is 54.8. The number of fused-ring (bicyclic) bond motifs is 3. The lowest BCUT2D eigenvalue weighted by Gasteiger charge is -2.41. The van der Waals surface area contributed by atoms with Gasteiger partial charge in [0.2, 0.25) is 23.6 Å². The first-order chi connectivity index (χ1) is 34.9. The first kappa shape index (κ1) is 59.0. The van der Waals surface area contributed by atoms with Crippen molar-refractivity contribution < 1.29 is 52.1 Å². The summed E-state index contributed by atoms with van der Waals surface area (Å²) in [5.41, 5.74) is 3.71. The number of amides is 5. The molecule has 406 valence electrons. The molecule has 0 bridgehead atoms. The van der Waals surface area contributed by atoms with Crippen LogP contribution in [0.5, 0.6) is 0 Å². The van der Waals surface area contributed by atoms with E-state index < -0.39 is 83.6 Å². The van der Waals surface area contributed by atoms with Crippen LogP contribution in [0.1, 0.15) is 118 Å². The minimum absolute atomic E-state index is 0.0841. The van der Waals surface area contributed by atoms with Crippen molar-refractivity contribution in [1.82, 2.24) is 25.3 Å². The number of nitrogens with one attached hydrogen (secondary N) is 2. The Morgan fingerprint density at radius 3 is 1.92 bits per heavy atom. The Morgan fingerprint density at radius 1 is 0.784 bits per heavy atom. The highest BCUT2D eigenvalue weighted by atomic mass is 19.1. The highest BCUT2D eigenvalue weighted by Gasteiger charge is 2.44. The molecule has 1 aliphatic heterocycles. The van der Waals surface area contributed by atoms with Crippen molar-refractivity contribution in [2.45, 2.75) is 155 Å². The van der Waals surface area contributed by atoms with E-state index in [0.29, 0.717) is 25.8 Å². The average molecular weight is 1030 g/mol. The van der Waals surface area contributed by atoms with Crippen molar-refractivity contribution in [3.63, 3.8) is 0 Å². The Kier molecular flexibility index (Phi) is 20.8. The van der Waals surface area contributed by atoms with Gasteiger partial charge in [-0.25, -0.2) is 14.0 Å². The van der Waals surface area contributed by atoms with Gasteiger partial charge in [-0.1, -0.05) is 122 Å². The van der Waals surface area contributed by atoms with E-state index in [4.69, 9.17) is 18.9 Å². The fraction of sp³-hybridized carbons (Fsp3) is 0.586. The smallest absolute Gasteiger partial charge is 0.410 e. The highest BCUT2D eigenvalue weighted by molar-refractivity contribution is 5.92. The van der Waals surface area contributed by atoms with Crippen LogP contribution in [0.2, 0.25) is 0 Å². The van der Waals surface area contributed by atoms with E-state index >= 15 is 0 Å². The number of ether oxygens (including phenoxy) is 4. The summed E-state index contributed by atoms with van der Waals surface area (Å²) in [6.07, 6.45) is -0.615. The van der Waals surface area contributed by atoms with Crippen molar-refractivity contribution in [1.29, 1.82) is 0 Å². The summed E-state index contributed by atoms with van der Waals surface area (Å²) in [5.74, 6) is -4.76. The summed E-state index contributed by atoms with van der Waals surface area (Å²) in [5, 5.41) is 5.79. The third-order valence-electron chi connectivity index (χ3n) is 14.8. The van der Waals surface area contributed by atoms with Crippen LogP contribution in [0.25, 0.3) is 11.1 Å². The maximum absolute atomic E-state index is 14.8. The number of nitrogens with zero attached hydrogens (tertiary/aromatic N) is 3. The molecule has 5 amide bonds. The number of benzene rings is 3. The fourth-order valence-corrected chi connectivity index (χ4v) is 10.8. The number of hydrogen-bond acceptors (Lipinski definition) is 10. The van der Waals surface area contributed by atoms with Gasteiger partial charge >= 0.3 is 12.1 Å². The number of methoxy groups -OCH3 is 2. The number of likely N-dealkylation sites (N-methyl/N-ethyl adjacent to an activating group) is 2. The molecule has 5 rings (SSSR count). The van der Waals surface area contributed by atoms with Gasteiger partial charge in [-0.15, -0.1) is 0 Å². The zero-order valence-corrected chi connectivity index (χ0v) is 46.1. The normalized spacial score (nSPS) is 17.7. The minimum atomic E-state index is -1.20. The van der Waals surface area contributed by atoms with E-state index in [-0.39, 0.29) is 60.5 Å². The van der Waals surface area contributed by atoms with E-state index in [9.17, 15) is 33.2 Å². The molecule has 15 nitrogen and oxygen atoms in total. The van der Waals surface area contributed by atoms with Gasteiger partial charge in [-0.05, 0) is 85.3 Å². The summed E-state index contributed by atoms with van der Waals surface area (Å²) < 4.78 is 38.5. The molecule has 1 aliphatic carbocycles. The number of likely N-dealkylation sites (tertiary alicyclic amines) is 1. The van der Waals surface area contributed by atoms with Gasteiger partial charge in [0, 0.05) is 47.2 Å². The third-order valence-corrected chi connectivity index (χ3v) is 14.8. The number of esters is 1. The zero-order valence-electron chi connectivity index (χ0n) is 46.1. The quantitative estimate of drug-likeness (QED) is 0.0883. The van der Waals surface area contributed by atoms with Crippen LogP contribution in [0, 0.1) is 29.5 Å². The van der Waals surface area contributed by atoms with Crippen LogP contribution in [-0.4, -0.2) is 140 Å². The number of hydrogen-bond donors (Lipinski definition) is 2. The van der Waals surface area contributed by atoms with Gasteiger partial charge in [0.15, 0.2) is 0 Å². The molecule has 9 atom stereocenters. The molecule has 3 aromatic rings. The largest absolute Gasteiger partial charge is 0.458 e. The van der Waals surface area contributed by atoms with Gasteiger partial charge in [0.25, 0.3) is 0 Å². The molecule has 3 aromatic carbocycles. The second-order valence-electron chi connectivity index (χ2n) is 21.8. The Bertz CT molecular complexity index is 2380. The molecule has 0 saturated carbocycles. The molecular formula is C58H82FN5O10. The highest BCUT2D eigenvalue weighted by Crippen LogP contribution is 2.44. The van der Waals surface area contributed by atoms with Crippen LogP contribution in [-0.2, 0) is 49.3 Å². The van der Waals surface area contributed by atoms with Crippen LogP contribution in [0.4, 0.5) is 9.18 Å². The second kappa shape index (κ2) is 26.1. The topological polar surface area (TPSA) is 173 Å². The maximum atomic E-state index is 14.8. The summed E-state index contributed by atoms with van der Waals surface area (Å²) in [6, 6.07) is 17.9. The lowest BCUT2D eigenvalue weighted by atomic mass is 9.89.